The molecule has 0 radical (unpaired) electrons. The lowest BCUT2D eigenvalue weighted by Gasteiger charge is -2.39. The van der Waals surface area contributed by atoms with Crippen LogP contribution in [0.2, 0.25) is 0 Å². The van der Waals surface area contributed by atoms with Crippen molar-refractivity contribution < 1.29 is 9.90 Å². The zero-order valence-electron chi connectivity index (χ0n) is 18.2. The second-order valence-corrected chi connectivity index (χ2v) is 8.86. The Hall–Kier alpha value is -2.51. The van der Waals surface area contributed by atoms with Crippen molar-refractivity contribution in [3.05, 3.63) is 54.0 Å². The Kier molecular flexibility index (Phi) is 6.83. The molecular formula is C24H33N5O2. The molecule has 2 aliphatic heterocycles. The second kappa shape index (κ2) is 9.75. The maximum Gasteiger partial charge on any atom is 0.225 e. The zero-order chi connectivity index (χ0) is 21.8. The standard InChI is InChI=1S/C24H33N5O2/c1-17(20-5-11-27-22(25)16-20)28-12-8-19(9-13-28)24(31)29-14-6-18(7-15-29)23(30)21-4-2-3-10-26-21/h2-5,10-11,16-19,23,30H,6-9,12-15H2,1H3,(H2,25,27). The van der Waals surface area contributed by atoms with E-state index in [9.17, 15) is 9.90 Å². The van der Waals surface area contributed by atoms with Crippen LogP contribution >= 0.6 is 0 Å². The Morgan fingerprint density at radius 2 is 1.81 bits per heavy atom. The number of rotatable bonds is 5. The molecule has 2 atom stereocenters. The van der Waals surface area contributed by atoms with Gasteiger partial charge < -0.3 is 15.7 Å². The van der Waals surface area contributed by atoms with Crippen LogP contribution in [0, 0.1) is 11.8 Å². The topological polar surface area (TPSA) is 95.6 Å². The molecule has 7 heteroatoms. The number of likely N-dealkylation sites (tertiary alicyclic amines) is 2. The molecule has 166 valence electrons. The molecule has 2 aliphatic rings. The molecule has 1 amide bonds. The predicted molar refractivity (Wildman–Crippen MR) is 120 cm³/mol. The number of nitrogens with zero attached hydrogens (tertiary/aromatic N) is 4. The van der Waals surface area contributed by atoms with Crippen molar-refractivity contribution in [2.45, 2.75) is 44.8 Å². The van der Waals surface area contributed by atoms with Crippen LogP contribution in [0.1, 0.15) is 56.0 Å². The summed E-state index contributed by atoms with van der Waals surface area (Å²) >= 11 is 0. The number of pyridine rings is 2. The Labute approximate surface area is 184 Å². The first-order valence-electron chi connectivity index (χ1n) is 11.4. The van der Waals surface area contributed by atoms with Crippen LogP contribution in [0.4, 0.5) is 5.82 Å². The number of piperidine rings is 2. The summed E-state index contributed by atoms with van der Waals surface area (Å²) in [6.07, 6.45) is 6.34. The third kappa shape index (κ3) is 5.05. The smallest absolute Gasteiger partial charge is 0.225 e. The number of amides is 1. The average molecular weight is 424 g/mol. The molecule has 2 unspecified atom stereocenters. The number of carbonyl (C=O) groups excluding carboxylic acids is 1. The van der Waals surface area contributed by atoms with Gasteiger partial charge in [0.2, 0.25) is 5.91 Å². The second-order valence-electron chi connectivity index (χ2n) is 8.86. The average Bonchev–Trinajstić information content (AvgIpc) is 2.83. The lowest BCUT2D eigenvalue weighted by atomic mass is 9.87. The van der Waals surface area contributed by atoms with E-state index in [-0.39, 0.29) is 23.8 Å². The van der Waals surface area contributed by atoms with Gasteiger partial charge in [-0.15, -0.1) is 0 Å². The third-order valence-electron chi connectivity index (χ3n) is 7.00. The van der Waals surface area contributed by atoms with Gasteiger partial charge in [-0.1, -0.05) is 6.07 Å². The van der Waals surface area contributed by atoms with Crippen molar-refractivity contribution in [3.8, 4) is 0 Å². The molecule has 0 saturated carbocycles. The summed E-state index contributed by atoms with van der Waals surface area (Å²) < 4.78 is 0. The molecule has 31 heavy (non-hydrogen) atoms. The monoisotopic (exact) mass is 423 g/mol. The minimum absolute atomic E-state index is 0.100. The van der Waals surface area contributed by atoms with Crippen LogP contribution in [0.3, 0.4) is 0 Å². The van der Waals surface area contributed by atoms with Crippen molar-refractivity contribution in [2.75, 3.05) is 31.9 Å². The summed E-state index contributed by atoms with van der Waals surface area (Å²) in [7, 11) is 0. The number of aliphatic hydroxyl groups excluding tert-OH is 1. The van der Waals surface area contributed by atoms with Gasteiger partial charge in [0.1, 0.15) is 5.82 Å². The number of carbonyl (C=O) groups is 1. The van der Waals surface area contributed by atoms with E-state index in [0.29, 0.717) is 5.82 Å². The minimum Gasteiger partial charge on any atom is -0.387 e. The van der Waals surface area contributed by atoms with Crippen LogP contribution in [-0.4, -0.2) is 57.0 Å². The lowest BCUT2D eigenvalue weighted by molar-refractivity contribution is -0.139. The first-order valence-corrected chi connectivity index (χ1v) is 11.4. The van der Waals surface area contributed by atoms with Gasteiger partial charge in [-0.3, -0.25) is 14.7 Å². The van der Waals surface area contributed by atoms with Gasteiger partial charge in [0, 0.05) is 37.4 Å². The number of aromatic nitrogens is 2. The highest BCUT2D eigenvalue weighted by atomic mass is 16.3. The third-order valence-corrected chi connectivity index (χ3v) is 7.00. The highest BCUT2D eigenvalue weighted by molar-refractivity contribution is 5.79. The Morgan fingerprint density at radius 1 is 1.06 bits per heavy atom. The summed E-state index contributed by atoms with van der Waals surface area (Å²) in [6.45, 7) is 5.46. The van der Waals surface area contributed by atoms with Crippen molar-refractivity contribution in [1.82, 2.24) is 19.8 Å². The largest absolute Gasteiger partial charge is 0.387 e. The van der Waals surface area contributed by atoms with Gasteiger partial charge in [0.05, 0.1) is 11.8 Å². The summed E-state index contributed by atoms with van der Waals surface area (Å²) in [5, 5.41) is 10.6. The van der Waals surface area contributed by atoms with Gasteiger partial charge in [-0.25, -0.2) is 4.98 Å². The fourth-order valence-corrected chi connectivity index (χ4v) is 4.96. The van der Waals surface area contributed by atoms with E-state index < -0.39 is 6.10 Å². The minimum atomic E-state index is -0.551. The molecule has 2 aromatic rings. The fraction of sp³-hybridized carbons (Fsp3) is 0.542. The van der Waals surface area contributed by atoms with Gasteiger partial charge in [0.25, 0.3) is 0 Å². The van der Waals surface area contributed by atoms with E-state index in [4.69, 9.17) is 5.73 Å². The van der Waals surface area contributed by atoms with Gasteiger partial charge in [-0.2, -0.15) is 0 Å². The summed E-state index contributed by atoms with van der Waals surface area (Å²) in [5.41, 5.74) is 7.73. The number of hydrogen-bond donors (Lipinski definition) is 2. The van der Waals surface area contributed by atoms with Crippen LogP contribution in [0.25, 0.3) is 0 Å². The molecule has 4 heterocycles. The van der Waals surface area contributed by atoms with Crippen molar-refractivity contribution >= 4 is 11.7 Å². The molecule has 4 rings (SSSR count). The van der Waals surface area contributed by atoms with Gasteiger partial charge in [-0.05, 0) is 81.4 Å². The number of nitrogen functional groups attached to an aromatic ring is 1. The number of aliphatic hydroxyl groups is 1. The Balaban J connectivity index is 1.26. The molecular weight excluding hydrogens is 390 g/mol. The normalized spacial score (nSPS) is 21.0. The first kappa shape index (κ1) is 21.7. The van der Waals surface area contributed by atoms with Gasteiger partial charge in [0.15, 0.2) is 0 Å². The van der Waals surface area contributed by atoms with E-state index in [0.717, 1.165) is 57.6 Å². The predicted octanol–water partition coefficient (Wildman–Crippen LogP) is 2.80. The van der Waals surface area contributed by atoms with E-state index in [2.05, 4.69) is 21.8 Å². The van der Waals surface area contributed by atoms with E-state index in [1.165, 1.54) is 5.56 Å². The molecule has 0 aliphatic carbocycles. The van der Waals surface area contributed by atoms with Crippen LogP contribution in [-0.2, 0) is 4.79 Å². The Bertz CT molecular complexity index is 861. The van der Waals surface area contributed by atoms with Crippen molar-refractivity contribution in [3.63, 3.8) is 0 Å². The van der Waals surface area contributed by atoms with Crippen molar-refractivity contribution in [1.29, 1.82) is 0 Å². The van der Waals surface area contributed by atoms with E-state index in [1.807, 2.05) is 35.2 Å². The number of anilines is 1. The first-order chi connectivity index (χ1) is 15.0. The molecule has 2 saturated heterocycles. The molecule has 3 N–H and O–H groups in total. The lowest BCUT2D eigenvalue weighted by Crippen LogP contribution is -2.46. The molecule has 7 nitrogen and oxygen atoms in total. The maximum absolute atomic E-state index is 13.1. The number of hydrogen-bond acceptors (Lipinski definition) is 6. The molecule has 0 bridgehead atoms. The van der Waals surface area contributed by atoms with E-state index >= 15 is 0 Å². The Morgan fingerprint density at radius 3 is 2.45 bits per heavy atom. The van der Waals surface area contributed by atoms with Crippen LogP contribution < -0.4 is 5.73 Å². The molecule has 0 aromatic carbocycles. The number of nitrogens with two attached hydrogens (primary N) is 1. The molecule has 2 fully saturated rings. The molecule has 0 spiro atoms. The highest BCUT2D eigenvalue weighted by Gasteiger charge is 2.34. The SMILES string of the molecule is CC(c1ccnc(N)c1)N1CCC(C(=O)N2CCC(C(O)c3ccccn3)CC2)CC1. The van der Waals surface area contributed by atoms with Crippen LogP contribution in [0.5, 0.6) is 0 Å². The summed E-state index contributed by atoms with van der Waals surface area (Å²) in [4.78, 5) is 25.9. The summed E-state index contributed by atoms with van der Waals surface area (Å²) in [5.74, 6) is 1.09. The highest BCUT2D eigenvalue weighted by Crippen LogP contribution is 2.32. The quantitative estimate of drug-likeness (QED) is 0.768. The summed E-state index contributed by atoms with van der Waals surface area (Å²) in [6, 6.07) is 9.85. The maximum atomic E-state index is 13.1. The van der Waals surface area contributed by atoms with Crippen molar-refractivity contribution in [2.24, 2.45) is 11.8 Å². The zero-order valence-corrected chi connectivity index (χ0v) is 18.2. The van der Waals surface area contributed by atoms with Crippen LogP contribution in [0.15, 0.2) is 42.7 Å². The molecule has 2 aromatic heterocycles. The van der Waals surface area contributed by atoms with Gasteiger partial charge >= 0.3 is 0 Å². The van der Waals surface area contributed by atoms with E-state index in [1.54, 1.807) is 12.4 Å². The fourth-order valence-electron chi connectivity index (χ4n) is 4.96.